The summed E-state index contributed by atoms with van der Waals surface area (Å²) in [7, 11) is 0. The van der Waals surface area contributed by atoms with Gasteiger partial charge in [-0.1, -0.05) is 12.1 Å². The fourth-order valence-corrected chi connectivity index (χ4v) is 1.66. The first-order chi connectivity index (χ1) is 9.43. The molecule has 0 heterocycles. The Morgan fingerprint density at radius 1 is 1.25 bits per heavy atom. The fourth-order valence-electron chi connectivity index (χ4n) is 1.66. The van der Waals surface area contributed by atoms with Crippen molar-refractivity contribution in [2.75, 3.05) is 6.54 Å². The highest BCUT2D eigenvalue weighted by atomic mass is 16.4. The molecule has 1 amide bonds. The quantitative estimate of drug-likeness (QED) is 0.442. The molecule has 7 heteroatoms. The third-order valence-corrected chi connectivity index (χ3v) is 2.81. The predicted molar refractivity (Wildman–Crippen MR) is 73.0 cm³/mol. The van der Waals surface area contributed by atoms with Gasteiger partial charge in [0, 0.05) is 6.42 Å². The molecule has 1 aromatic carbocycles. The third kappa shape index (κ3) is 4.87. The van der Waals surface area contributed by atoms with Crippen LogP contribution in [-0.2, 0) is 16.0 Å². The zero-order valence-corrected chi connectivity index (χ0v) is 11.0. The van der Waals surface area contributed by atoms with Gasteiger partial charge >= 0.3 is 5.97 Å². The Hall–Kier alpha value is -2.12. The van der Waals surface area contributed by atoms with E-state index < -0.39 is 24.0 Å². The second kappa shape index (κ2) is 7.46. The largest absolute Gasteiger partial charge is 0.508 e. The molecule has 7 N–H and O–H groups in total. The van der Waals surface area contributed by atoms with Gasteiger partial charge in [-0.05, 0) is 30.7 Å². The van der Waals surface area contributed by atoms with Crippen molar-refractivity contribution in [2.45, 2.75) is 24.9 Å². The minimum absolute atomic E-state index is 0.0922. The number of carbonyl (C=O) groups excluding carboxylic acids is 1. The van der Waals surface area contributed by atoms with Crippen molar-refractivity contribution in [1.82, 2.24) is 5.32 Å². The number of carboxylic acids is 1. The normalized spacial score (nSPS) is 13.5. The van der Waals surface area contributed by atoms with E-state index in [2.05, 4.69) is 5.32 Å². The summed E-state index contributed by atoms with van der Waals surface area (Å²) in [6.45, 7) is 0.254. The summed E-state index contributed by atoms with van der Waals surface area (Å²) in [4.78, 5) is 22.9. The van der Waals surface area contributed by atoms with E-state index in [1.165, 1.54) is 12.1 Å². The van der Waals surface area contributed by atoms with Crippen molar-refractivity contribution in [3.63, 3.8) is 0 Å². The Balaban J connectivity index is 2.67. The van der Waals surface area contributed by atoms with Crippen LogP contribution in [0.25, 0.3) is 0 Å². The maximum atomic E-state index is 11.7. The molecular formula is C13H19N3O4. The topological polar surface area (TPSA) is 139 Å². The molecule has 0 aromatic heterocycles. The number of aliphatic carboxylic acids is 1. The molecule has 0 fully saturated rings. The average molecular weight is 281 g/mol. The summed E-state index contributed by atoms with van der Waals surface area (Å²) in [5.74, 6) is -1.59. The number of carbonyl (C=O) groups is 2. The van der Waals surface area contributed by atoms with Crippen LogP contribution in [0, 0.1) is 0 Å². The number of carboxylic acid groups (broad SMARTS) is 1. The van der Waals surface area contributed by atoms with E-state index in [4.69, 9.17) is 21.7 Å². The summed E-state index contributed by atoms with van der Waals surface area (Å²) in [6, 6.07) is 4.21. The van der Waals surface area contributed by atoms with Gasteiger partial charge in [0.2, 0.25) is 5.91 Å². The van der Waals surface area contributed by atoms with Crippen LogP contribution in [0.4, 0.5) is 0 Å². The summed E-state index contributed by atoms with van der Waals surface area (Å²) in [5, 5.41) is 20.7. The highest BCUT2D eigenvalue weighted by Crippen LogP contribution is 2.11. The predicted octanol–water partition coefficient (Wildman–Crippen LogP) is -0.820. The number of rotatable bonds is 7. The number of nitrogens with one attached hydrogen (secondary N) is 1. The monoisotopic (exact) mass is 281 g/mol. The van der Waals surface area contributed by atoms with E-state index in [0.717, 1.165) is 0 Å². The van der Waals surface area contributed by atoms with Crippen LogP contribution < -0.4 is 16.8 Å². The van der Waals surface area contributed by atoms with Crippen molar-refractivity contribution in [1.29, 1.82) is 0 Å². The van der Waals surface area contributed by atoms with E-state index >= 15 is 0 Å². The summed E-state index contributed by atoms with van der Waals surface area (Å²) < 4.78 is 0. The Labute approximate surface area is 116 Å². The van der Waals surface area contributed by atoms with Gasteiger partial charge in [-0.25, -0.2) is 4.79 Å². The van der Waals surface area contributed by atoms with Gasteiger partial charge in [0.1, 0.15) is 11.8 Å². The summed E-state index contributed by atoms with van der Waals surface area (Å²) >= 11 is 0. The number of hydrogen-bond donors (Lipinski definition) is 5. The average Bonchev–Trinajstić information content (AvgIpc) is 2.40. The van der Waals surface area contributed by atoms with Gasteiger partial charge in [-0.2, -0.15) is 0 Å². The molecule has 0 saturated carbocycles. The fraction of sp³-hybridized carbons (Fsp3) is 0.385. The first kappa shape index (κ1) is 15.9. The molecule has 0 bridgehead atoms. The molecule has 0 unspecified atom stereocenters. The van der Waals surface area contributed by atoms with E-state index in [-0.39, 0.29) is 25.1 Å². The molecule has 7 nitrogen and oxygen atoms in total. The van der Waals surface area contributed by atoms with Crippen molar-refractivity contribution in [3.05, 3.63) is 29.8 Å². The van der Waals surface area contributed by atoms with Gasteiger partial charge in [0.15, 0.2) is 0 Å². The maximum absolute atomic E-state index is 11.7. The van der Waals surface area contributed by atoms with Crippen molar-refractivity contribution < 1.29 is 19.8 Å². The molecule has 0 aliphatic carbocycles. The lowest BCUT2D eigenvalue weighted by atomic mass is 10.1. The van der Waals surface area contributed by atoms with Gasteiger partial charge in [-0.3, -0.25) is 4.79 Å². The molecule has 0 radical (unpaired) electrons. The van der Waals surface area contributed by atoms with Gasteiger partial charge in [0.25, 0.3) is 0 Å². The lowest BCUT2D eigenvalue weighted by Gasteiger charge is -2.17. The van der Waals surface area contributed by atoms with Crippen LogP contribution in [0.2, 0.25) is 0 Å². The van der Waals surface area contributed by atoms with E-state index in [9.17, 15) is 9.59 Å². The lowest BCUT2D eigenvalue weighted by Crippen LogP contribution is -2.49. The van der Waals surface area contributed by atoms with E-state index in [1.54, 1.807) is 12.1 Å². The second-order valence-corrected chi connectivity index (χ2v) is 4.45. The Morgan fingerprint density at radius 3 is 2.35 bits per heavy atom. The Bertz CT molecular complexity index is 461. The number of amides is 1. The lowest BCUT2D eigenvalue weighted by molar-refractivity contribution is -0.142. The second-order valence-electron chi connectivity index (χ2n) is 4.45. The molecule has 2 atom stereocenters. The third-order valence-electron chi connectivity index (χ3n) is 2.81. The van der Waals surface area contributed by atoms with Crippen molar-refractivity contribution in [3.8, 4) is 5.75 Å². The minimum atomic E-state index is -1.15. The molecule has 0 aliphatic heterocycles. The smallest absolute Gasteiger partial charge is 0.326 e. The first-order valence-corrected chi connectivity index (χ1v) is 6.20. The van der Waals surface area contributed by atoms with Gasteiger partial charge in [0.05, 0.1) is 6.04 Å². The van der Waals surface area contributed by atoms with Crippen molar-refractivity contribution >= 4 is 11.9 Å². The number of phenolic OH excluding ortho intramolecular Hbond substituents is 1. The summed E-state index contributed by atoms with van der Waals surface area (Å²) in [5.41, 5.74) is 11.6. The zero-order chi connectivity index (χ0) is 15.1. The Morgan fingerprint density at radius 2 is 1.85 bits per heavy atom. The van der Waals surface area contributed by atoms with Crippen LogP contribution in [-0.4, -0.2) is 40.7 Å². The van der Waals surface area contributed by atoms with E-state index in [1.807, 2.05) is 0 Å². The number of nitrogens with two attached hydrogens (primary N) is 2. The van der Waals surface area contributed by atoms with Crippen molar-refractivity contribution in [2.24, 2.45) is 11.5 Å². The molecule has 0 aliphatic rings. The zero-order valence-electron chi connectivity index (χ0n) is 11.0. The molecule has 110 valence electrons. The van der Waals surface area contributed by atoms with Gasteiger partial charge < -0.3 is 27.0 Å². The van der Waals surface area contributed by atoms with Crippen LogP contribution in [0.5, 0.6) is 5.75 Å². The van der Waals surface area contributed by atoms with Crippen LogP contribution in [0.15, 0.2) is 24.3 Å². The Kier molecular flexibility index (Phi) is 5.95. The molecule has 20 heavy (non-hydrogen) atoms. The van der Waals surface area contributed by atoms with Gasteiger partial charge in [-0.15, -0.1) is 0 Å². The molecule has 1 aromatic rings. The number of hydrogen-bond acceptors (Lipinski definition) is 5. The van der Waals surface area contributed by atoms with Crippen LogP contribution in [0.3, 0.4) is 0 Å². The van der Waals surface area contributed by atoms with Crippen LogP contribution >= 0.6 is 0 Å². The first-order valence-electron chi connectivity index (χ1n) is 6.20. The standard InChI is InChI=1S/C13H19N3O4/c14-6-5-10(15)12(18)16-11(13(19)20)7-8-1-3-9(17)4-2-8/h1-4,10-11,17H,5-7,14-15H2,(H,16,18)(H,19,20)/t10-,11-/m0/s1. The molecule has 0 saturated heterocycles. The SMILES string of the molecule is NCC[C@H](N)C(=O)N[C@@H](Cc1ccc(O)cc1)C(=O)O. The van der Waals surface area contributed by atoms with E-state index in [0.29, 0.717) is 5.56 Å². The minimum Gasteiger partial charge on any atom is -0.508 e. The van der Waals surface area contributed by atoms with Crippen LogP contribution in [0.1, 0.15) is 12.0 Å². The highest BCUT2D eigenvalue weighted by molar-refractivity contribution is 5.86. The highest BCUT2D eigenvalue weighted by Gasteiger charge is 2.23. The molecule has 1 rings (SSSR count). The summed E-state index contributed by atoms with van der Waals surface area (Å²) in [6.07, 6.45) is 0.397. The molecular weight excluding hydrogens is 262 g/mol. The number of benzene rings is 1. The number of phenols is 1. The number of aromatic hydroxyl groups is 1. The maximum Gasteiger partial charge on any atom is 0.326 e. The molecule has 0 spiro atoms.